The first-order valence-electron chi connectivity index (χ1n) is 8.56. The molecule has 1 fully saturated rings. The summed E-state index contributed by atoms with van der Waals surface area (Å²) in [5.74, 6) is 1.23. The number of ether oxygens (including phenoxy) is 1. The maximum absolute atomic E-state index is 11.5. The Hall–Kier alpha value is -1.31. The van der Waals surface area contributed by atoms with Crippen LogP contribution in [-0.4, -0.2) is 5.97 Å². The van der Waals surface area contributed by atoms with Gasteiger partial charge in [-0.3, -0.25) is 0 Å². The van der Waals surface area contributed by atoms with Gasteiger partial charge < -0.3 is 4.74 Å². The van der Waals surface area contributed by atoms with E-state index in [1.165, 1.54) is 43.3 Å². The van der Waals surface area contributed by atoms with Gasteiger partial charge in [-0.05, 0) is 73.5 Å². The van der Waals surface area contributed by atoms with Crippen LogP contribution in [0, 0.1) is 16.7 Å². The molecule has 0 saturated heterocycles. The van der Waals surface area contributed by atoms with Gasteiger partial charge in [0.15, 0.2) is 0 Å². The van der Waals surface area contributed by atoms with Crippen molar-refractivity contribution in [2.24, 2.45) is 16.7 Å². The topological polar surface area (TPSA) is 26.3 Å². The summed E-state index contributed by atoms with van der Waals surface area (Å²) >= 11 is 0. The maximum Gasteiger partial charge on any atom is 0.336 e. The van der Waals surface area contributed by atoms with Gasteiger partial charge in [0.25, 0.3) is 0 Å². The molecule has 2 aliphatic carbocycles. The molecule has 2 heteroatoms. The van der Waals surface area contributed by atoms with E-state index in [0.29, 0.717) is 11.3 Å². The molecule has 0 spiro atoms. The van der Waals surface area contributed by atoms with Gasteiger partial charge in [-0.1, -0.05) is 32.8 Å². The summed E-state index contributed by atoms with van der Waals surface area (Å²) in [5, 5.41) is 0. The number of rotatable bonds is 1. The summed E-state index contributed by atoms with van der Waals surface area (Å²) in [4.78, 5) is 11.5. The predicted octanol–water partition coefficient (Wildman–Crippen LogP) is 5.32. The third kappa shape index (κ3) is 2.37. The number of carbonyl (C=O) groups excluding carboxylic acids is 1. The fourth-order valence-electron chi connectivity index (χ4n) is 5.17. The largest absolute Gasteiger partial charge is 0.423 e. The minimum atomic E-state index is -0.233. The zero-order valence-corrected chi connectivity index (χ0v) is 14.6. The summed E-state index contributed by atoms with van der Waals surface area (Å²) in [5.41, 5.74) is 4.46. The molecule has 0 bridgehead atoms. The average Bonchev–Trinajstić information content (AvgIpc) is 2.71. The van der Waals surface area contributed by atoms with E-state index >= 15 is 0 Å². The van der Waals surface area contributed by atoms with E-state index in [2.05, 4.69) is 33.8 Å². The van der Waals surface area contributed by atoms with E-state index in [1.807, 2.05) is 6.92 Å². The normalized spacial score (nSPS) is 36.2. The molecule has 0 N–H and O–H groups in total. The second-order valence-corrected chi connectivity index (χ2v) is 8.30. The van der Waals surface area contributed by atoms with Crippen molar-refractivity contribution in [3.8, 4) is 0 Å². The molecule has 2 atom stereocenters. The van der Waals surface area contributed by atoms with Crippen LogP contribution in [0.3, 0.4) is 0 Å². The molecule has 0 aromatic rings. The molecule has 120 valence electrons. The van der Waals surface area contributed by atoms with E-state index < -0.39 is 0 Å². The first kappa shape index (κ1) is 15.6. The highest BCUT2D eigenvalue weighted by Gasteiger charge is 2.49. The number of esters is 1. The fraction of sp³-hybridized carbons (Fsp3) is 0.650. The van der Waals surface area contributed by atoms with Crippen LogP contribution in [0.2, 0.25) is 0 Å². The second-order valence-electron chi connectivity index (χ2n) is 8.30. The van der Waals surface area contributed by atoms with Crippen molar-refractivity contribution in [3.63, 3.8) is 0 Å². The molecule has 0 aromatic carbocycles. The molecule has 0 aromatic heterocycles. The monoisotopic (exact) mass is 300 g/mol. The lowest BCUT2D eigenvalue weighted by Gasteiger charge is -2.54. The van der Waals surface area contributed by atoms with Crippen molar-refractivity contribution >= 4 is 5.97 Å². The van der Waals surface area contributed by atoms with E-state index in [9.17, 15) is 4.79 Å². The Labute approximate surface area is 134 Å². The number of fused-ring (bicyclic) bond motifs is 1. The van der Waals surface area contributed by atoms with Crippen LogP contribution in [0.15, 0.2) is 34.6 Å². The van der Waals surface area contributed by atoms with Gasteiger partial charge in [0, 0.05) is 6.08 Å². The predicted molar refractivity (Wildman–Crippen MR) is 89.1 cm³/mol. The van der Waals surface area contributed by atoms with Crippen LogP contribution < -0.4 is 0 Å². The number of carbonyl (C=O) groups is 1. The third-order valence-corrected chi connectivity index (χ3v) is 6.32. The lowest BCUT2D eigenvalue weighted by atomic mass is 9.50. The molecule has 2 nitrogen and oxygen atoms in total. The van der Waals surface area contributed by atoms with Crippen LogP contribution in [0.25, 0.3) is 0 Å². The molecule has 1 heterocycles. The highest BCUT2D eigenvalue weighted by molar-refractivity contribution is 5.88. The highest BCUT2D eigenvalue weighted by atomic mass is 16.5. The fourth-order valence-corrected chi connectivity index (χ4v) is 5.17. The molecular formula is C20H28O2. The Kier molecular flexibility index (Phi) is 3.62. The van der Waals surface area contributed by atoms with E-state index in [0.717, 1.165) is 11.3 Å². The quantitative estimate of drug-likeness (QED) is 0.613. The lowest BCUT2D eigenvalue weighted by molar-refractivity contribution is -0.132. The van der Waals surface area contributed by atoms with Gasteiger partial charge in [-0.25, -0.2) is 4.79 Å². The lowest BCUT2D eigenvalue weighted by Crippen LogP contribution is -2.45. The third-order valence-electron chi connectivity index (χ3n) is 6.32. The average molecular weight is 300 g/mol. The van der Waals surface area contributed by atoms with Gasteiger partial charge in [0.2, 0.25) is 0 Å². The molecule has 0 unspecified atom stereocenters. The summed E-state index contributed by atoms with van der Waals surface area (Å²) in [6, 6.07) is 0. The number of hydrogen-bond donors (Lipinski definition) is 0. The van der Waals surface area contributed by atoms with Crippen LogP contribution in [0.1, 0.15) is 66.7 Å². The van der Waals surface area contributed by atoms with Crippen molar-refractivity contribution in [1.82, 2.24) is 0 Å². The van der Waals surface area contributed by atoms with Gasteiger partial charge in [0.05, 0.1) is 0 Å². The summed E-state index contributed by atoms with van der Waals surface area (Å²) in [6.45, 7) is 11.5. The molecule has 3 aliphatic rings. The van der Waals surface area contributed by atoms with Crippen molar-refractivity contribution < 1.29 is 9.53 Å². The van der Waals surface area contributed by atoms with Crippen LogP contribution in [-0.2, 0) is 9.53 Å². The Morgan fingerprint density at radius 3 is 2.59 bits per heavy atom. The van der Waals surface area contributed by atoms with Crippen molar-refractivity contribution in [1.29, 1.82) is 0 Å². The zero-order valence-electron chi connectivity index (χ0n) is 14.6. The van der Waals surface area contributed by atoms with E-state index in [4.69, 9.17) is 4.74 Å². The summed E-state index contributed by atoms with van der Waals surface area (Å²) < 4.78 is 5.40. The SMILES string of the molecule is CC1=CC(=O)O/C1=C\C1=C(C)CC[C@H]2C(C)(C)CCC[C@]12C. The molecular weight excluding hydrogens is 272 g/mol. The standard InChI is InChI=1S/C20H28O2/c1-13-7-8-17-19(3,4)9-6-10-20(17,5)15(13)12-16-14(2)11-18(21)22-16/h11-12,17H,6-10H2,1-5H3/b16-12-/t17-,20+/m0/s1. The number of hydrogen-bond acceptors (Lipinski definition) is 2. The van der Waals surface area contributed by atoms with Crippen molar-refractivity contribution in [2.75, 3.05) is 0 Å². The van der Waals surface area contributed by atoms with Gasteiger partial charge >= 0.3 is 5.97 Å². The van der Waals surface area contributed by atoms with Crippen LogP contribution in [0.5, 0.6) is 0 Å². The first-order valence-corrected chi connectivity index (χ1v) is 8.56. The minimum absolute atomic E-state index is 0.215. The number of cyclic esters (lactones) is 1. The minimum Gasteiger partial charge on any atom is -0.423 e. The smallest absolute Gasteiger partial charge is 0.336 e. The highest BCUT2D eigenvalue weighted by Crippen LogP contribution is 2.59. The maximum atomic E-state index is 11.5. The number of allylic oxidation sites excluding steroid dienone is 4. The summed E-state index contributed by atoms with van der Waals surface area (Å²) in [7, 11) is 0. The van der Waals surface area contributed by atoms with Gasteiger partial charge in [0.1, 0.15) is 5.76 Å². The van der Waals surface area contributed by atoms with Gasteiger partial charge in [-0.2, -0.15) is 0 Å². The molecule has 22 heavy (non-hydrogen) atoms. The second kappa shape index (κ2) is 5.11. The Morgan fingerprint density at radius 2 is 1.95 bits per heavy atom. The summed E-state index contributed by atoms with van der Waals surface area (Å²) in [6.07, 6.45) is 10.1. The van der Waals surface area contributed by atoms with Crippen LogP contribution >= 0.6 is 0 Å². The van der Waals surface area contributed by atoms with E-state index in [-0.39, 0.29) is 11.4 Å². The molecule has 0 amide bonds. The first-order chi connectivity index (χ1) is 10.2. The Bertz CT molecular complexity index is 603. The van der Waals surface area contributed by atoms with E-state index in [1.54, 1.807) is 6.08 Å². The Morgan fingerprint density at radius 1 is 1.23 bits per heavy atom. The molecule has 0 radical (unpaired) electrons. The molecule has 3 rings (SSSR count). The van der Waals surface area contributed by atoms with Crippen molar-refractivity contribution in [3.05, 3.63) is 34.6 Å². The van der Waals surface area contributed by atoms with Crippen LogP contribution in [0.4, 0.5) is 0 Å². The molecule has 1 aliphatic heterocycles. The van der Waals surface area contributed by atoms with Gasteiger partial charge in [-0.15, -0.1) is 0 Å². The Balaban J connectivity index is 2.04. The zero-order chi connectivity index (χ0) is 16.1. The molecule has 1 saturated carbocycles. The van der Waals surface area contributed by atoms with Crippen molar-refractivity contribution in [2.45, 2.75) is 66.7 Å².